The number of ketones is 1. The molecular formula is C56H80O11. The van der Waals surface area contributed by atoms with E-state index in [-0.39, 0.29) is 49.0 Å². The summed E-state index contributed by atoms with van der Waals surface area (Å²) >= 11 is 0. The molecule has 2 N–H and O–H groups in total. The van der Waals surface area contributed by atoms with Crippen molar-refractivity contribution >= 4 is 5.78 Å². The minimum Gasteiger partial charge on any atom is -0.497 e. The topological polar surface area (TPSA) is 131 Å². The summed E-state index contributed by atoms with van der Waals surface area (Å²) in [7, 11) is 4.83. The van der Waals surface area contributed by atoms with E-state index in [1.54, 1.807) is 34.3 Å². The summed E-state index contributed by atoms with van der Waals surface area (Å²) < 4.78 is 49.3. The first-order chi connectivity index (χ1) is 32.1. The van der Waals surface area contributed by atoms with Crippen molar-refractivity contribution in [3.63, 3.8) is 0 Å². The summed E-state index contributed by atoms with van der Waals surface area (Å²) in [6.07, 6.45) is 10.1. The molecule has 4 aliphatic rings. The van der Waals surface area contributed by atoms with Crippen LogP contribution in [-0.4, -0.2) is 93.1 Å². The van der Waals surface area contributed by atoms with Crippen LogP contribution in [0.3, 0.4) is 0 Å². The largest absolute Gasteiger partial charge is 0.497 e. The number of hydrogen-bond donors (Lipinski definition) is 2. The summed E-state index contributed by atoms with van der Waals surface area (Å²) in [6, 6.07) is 17.9. The average Bonchev–Trinajstić information content (AvgIpc) is 3.32. The van der Waals surface area contributed by atoms with E-state index in [2.05, 4.69) is 52.5 Å². The summed E-state index contributed by atoms with van der Waals surface area (Å²) in [5, 5.41) is 23.2. The Morgan fingerprint density at radius 2 is 1.64 bits per heavy atom. The molecule has 11 heteroatoms. The van der Waals surface area contributed by atoms with E-state index in [0.717, 1.165) is 40.0 Å². The lowest BCUT2D eigenvalue weighted by molar-refractivity contribution is -0.349. The zero-order valence-corrected chi connectivity index (χ0v) is 41.6. The number of fused-ring (bicyclic) bond motifs is 5. The van der Waals surface area contributed by atoms with Gasteiger partial charge in [-0.15, -0.1) is 0 Å². The predicted octanol–water partition coefficient (Wildman–Crippen LogP) is 10.7. The second kappa shape index (κ2) is 24.4. The van der Waals surface area contributed by atoms with Gasteiger partial charge in [-0.2, -0.15) is 0 Å². The molecule has 67 heavy (non-hydrogen) atoms. The lowest BCUT2D eigenvalue weighted by atomic mass is 9.57. The third-order valence-electron chi connectivity index (χ3n) is 15.3. The SMILES string of the molecule is C=C1CCCC(=O)[C@@]2(C[C@H](C)[C@@H](C)COCc3ccccc3)CCC(COCOC)=C(C)[C@@H]2/C=C(\C)[C@@H]2C[C@H](/C=C/C(O)CC[C@]3(OC)O[C@@H](CC[C@@]3(C)O)C1)O[C@H](c1ccc(OC)cc1)O2. The first kappa shape index (κ1) is 52.9. The predicted molar refractivity (Wildman–Crippen MR) is 260 cm³/mol. The van der Waals surface area contributed by atoms with Crippen LogP contribution in [0, 0.1) is 23.2 Å². The van der Waals surface area contributed by atoms with Crippen molar-refractivity contribution in [2.75, 3.05) is 41.3 Å². The van der Waals surface area contributed by atoms with Gasteiger partial charge >= 0.3 is 0 Å². The second-order valence-electron chi connectivity index (χ2n) is 20.1. The highest BCUT2D eigenvalue weighted by molar-refractivity contribution is 5.86. The van der Waals surface area contributed by atoms with Crippen molar-refractivity contribution in [2.45, 2.75) is 160 Å². The van der Waals surface area contributed by atoms with Gasteiger partial charge in [-0.3, -0.25) is 4.79 Å². The van der Waals surface area contributed by atoms with Gasteiger partial charge in [-0.25, -0.2) is 0 Å². The normalized spacial score (nSPS) is 33.7. The van der Waals surface area contributed by atoms with Crippen molar-refractivity contribution in [1.82, 2.24) is 0 Å². The van der Waals surface area contributed by atoms with Gasteiger partial charge in [0.25, 0.3) is 0 Å². The Kier molecular flexibility index (Phi) is 19.2. The van der Waals surface area contributed by atoms with Crippen molar-refractivity contribution in [3.05, 3.63) is 113 Å². The minimum atomic E-state index is -1.32. The van der Waals surface area contributed by atoms with E-state index < -0.39 is 35.3 Å². The van der Waals surface area contributed by atoms with Crippen LogP contribution in [0.15, 0.2) is 102 Å². The zero-order valence-electron chi connectivity index (χ0n) is 41.6. The summed E-state index contributed by atoms with van der Waals surface area (Å²) in [5.74, 6) is -0.184. The quantitative estimate of drug-likeness (QED) is 0.107. The third kappa shape index (κ3) is 13.4. The van der Waals surface area contributed by atoms with Crippen LogP contribution < -0.4 is 4.74 Å². The molecule has 0 amide bonds. The standard InChI is InChI=1S/C56H80O11/c1-38-14-13-17-52(58)55(33-40(3)41(4)34-63-35-43-15-11-10-12-16-43)28-24-45(36-64-37-60-7)42(5)50(55)31-39(2)51-32-48(65-53(66-51)44-18-21-47(61-8)22-19-44)23-20-46(57)25-29-56(62-9)54(6,59)27-26-49(30-38)67-56/h10-12,15-16,18-23,31,40-41,46,48-51,53,57,59H,1,13-14,17,24-30,32-37H2,2-9H3/b23-20+,39-31+/t40-,41-,46?,48-,49-,50-,51-,53-,54+,55+,56-/m0/s1. The first-order valence-electron chi connectivity index (χ1n) is 24.6. The smallest absolute Gasteiger partial charge is 0.197 e. The Morgan fingerprint density at radius 3 is 2.36 bits per heavy atom. The van der Waals surface area contributed by atoms with Crippen LogP contribution in [0.4, 0.5) is 0 Å². The first-order valence-corrected chi connectivity index (χ1v) is 24.6. The Bertz CT molecular complexity index is 1990. The lowest BCUT2D eigenvalue weighted by Gasteiger charge is -2.50. The summed E-state index contributed by atoms with van der Waals surface area (Å²) in [4.78, 5) is 15.5. The molecule has 2 aromatic carbocycles. The maximum absolute atomic E-state index is 15.5. The number of aliphatic hydroxyl groups excluding tert-OH is 1. The average molecular weight is 929 g/mol. The van der Waals surface area contributed by atoms with Gasteiger partial charge in [0.1, 0.15) is 23.9 Å². The number of carbonyl (C=O) groups is 1. The molecule has 0 saturated carbocycles. The monoisotopic (exact) mass is 929 g/mol. The molecule has 2 saturated heterocycles. The highest BCUT2D eigenvalue weighted by Crippen LogP contribution is 2.52. The molecule has 3 aliphatic heterocycles. The van der Waals surface area contributed by atoms with Gasteiger partial charge < -0.3 is 48.1 Å². The van der Waals surface area contributed by atoms with Gasteiger partial charge in [0.05, 0.1) is 44.7 Å². The highest BCUT2D eigenvalue weighted by Gasteiger charge is 2.53. The highest BCUT2D eigenvalue weighted by atomic mass is 16.7. The van der Waals surface area contributed by atoms with Crippen molar-refractivity contribution in [3.8, 4) is 5.75 Å². The maximum atomic E-state index is 15.5. The van der Waals surface area contributed by atoms with Crippen LogP contribution >= 0.6 is 0 Å². The molecule has 11 atom stereocenters. The van der Waals surface area contributed by atoms with Crippen molar-refractivity contribution in [2.24, 2.45) is 23.2 Å². The van der Waals surface area contributed by atoms with Gasteiger partial charge in [-0.1, -0.05) is 92.3 Å². The minimum absolute atomic E-state index is 0.168. The molecule has 0 spiro atoms. The van der Waals surface area contributed by atoms with E-state index in [9.17, 15) is 10.2 Å². The Morgan fingerprint density at radius 1 is 0.881 bits per heavy atom. The number of Topliss-reactive ketones (excluding diaryl/α,β-unsaturated/α-hetero) is 1. The molecule has 1 unspecified atom stereocenters. The van der Waals surface area contributed by atoms with Crippen molar-refractivity contribution in [1.29, 1.82) is 0 Å². The Hall–Kier alpha value is -3.49. The van der Waals surface area contributed by atoms with Crippen LogP contribution in [-0.2, 0) is 44.6 Å². The molecule has 4 bridgehead atoms. The molecular weight excluding hydrogens is 849 g/mol. The summed E-state index contributed by atoms with van der Waals surface area (Å²) in [6.45, 7) is 16.8. The fourth-order valence-electron chi connectivity index (χ4n) is 10.8. The van der Waals surface area contributed by atoms with Crippen LogP contribution in [0.1, 0.15) is 129 Å². The second-order valence-corrected chi connectivity index (χ2v) is 20.1. The Labute approximate surface area is 400 Å². The molecule has 11 nitrogen and oxygen atoms in total. The molecule has 2 aromatic rings. The van der Waals surface area contributed by atoms with Crippen LogP contribution in [0.5, 0.6) is 5.75 Å². The number of methoxy groups -OCH3 is 3. The van der Waals surface area contributed by atoms with Crippen LogP contribution in [0.2, 0.25) is 0 Å². The lowest BCUT2D eigenvalue weighted by Crippen LogP contribution is -2.60. The Balaban J connectivity index is 1.39. The number of carbonyl (C=O) groups excluding carboxylic acids is 1. The van der Waals surface area contributed by atoms with E-state index in [1.165, 1.54) is 5.57 Å². The number of aliphatic hydroxyl groups is 2. The number of ether oxygens (including phenoxy) is 8. The van der Waals surface area contributed by atoms with E-state index in [0.29, 0.717) is 84.0 Å². The van der Waals surface area contributed by atoms with Gasteiger partial charge in [0, 0.05) is 57.0 Å². The molecule has 0 radical (unpaired) electrons. The zero-order chi connectivity index (χ0) is 48.2. The fraction of sp³-hybridized carbons (Fsp3) is 0.625. The van der Waals surface area contributed by atoms with Gasteiger partial charge in [0.15, 0.2) is 12.1 Å². The number of hydrogen-bond acceptors (Lipinski definition) is 11. The van der Waals surface area contributed by atoms with Crippen LogP contribution in [0.25, 0.3) is 0 Å². The molecule has 6 rings (SSSR count). The number of allylic oxidation sites excluding steroid dienone is 2. The number of rotatable bonds is 14. The molecule has 0 aromatic heterocycles. The van der Waals surface area contributed by atoms with Crippen molar-refractivity contribution < 1.29 is 52.9 Å². The number of benzene rings is 2. The molecule has 1 aliphatic carbocycles. The third-order valence-corrected chi connectivity index (χ3v) is 15.3. The van der Waals surface area contributed by atoms with E-state index in [1.807, 2.05) is 48.5 Å². The van der Waals surface area contributed by atoms with E-state index in [4.69, 9.17) is 37.9 Å². The molecule has 3 heterocycles. The fourth-order valence-corrected chi connectivity index (χ4v) is 10.8. The van der Waals surface area contributed by atoms with Gasteiger partial charge in [-0.05, 0) is 119 Å². The summed E-state index contributed by atoms with van der Waals surface area (Å²) in [5.41, 5.74) is 4.37. The van der Waals surface area contributed by atoms with Gasteiger partial charge in [0.2, 0.25) is 0 Å². The molecule has 370 valence electrons. The maximum Gasteiger partial charge on any atom is 0.197 e. The van der Waals surface area contributed by atoms with E-state index >= 15 is 4.79 Å². The molecule has 2 fully saturated rings.